The number of nitro groups is 1. The number of ether oxygens (including phenoxy) is 2. The number of non-ortho nitro benzene ring substituents is 1. The van der Waals surface area contributed by atoms with Crippen LogP contribution >= 0.6 is 0 Å². The van der Waals surface area contributed by atoms with Crippen molar-refractivity contribution in [3.63, 3.8) is 0 Å². The molecule has 2 aliphatic rings. The average Bonchev–Trinajstić information content (AvgIpc) is 2.71. The van der Waals surface area contributed by atoms with Crippen LogP contribution in [-0.4, -0.2) is 67.7 Å². The summed E-state index contributed by atoms with van der Waals surface area (Å²) in [6, 6.07) is 4.13. The molecule has 1 aromatic rings. The van der Waals surface area contributed by atoms with E-state index in [1.54, 1.807) is 11.0 Å². The molecule has 2 atom stereocenters. The van der Waals surface area contributed by atoms with E-state index in [0.717, 1.165) is 6.42 Å². The predicted molar refractivity (Wildman–Crippen MR) is 106 cm³/mol. The third kappa shape index (κ3) is 5.23. The van der Waals surface area contributed by atoms with Crippen LogP contribution in [0.5, 0.6) is 0 Å². The molecule has 0 spiro atoms. The normalized spacial score (nSPS) is 22.3. The topological polar surface area (TPSA) is 102 Å². The highest BCUT2D eigenvalue weighted by atomic mass is 16.6. The Hall–Kier alpha value is -2.68. The maximum absolute atomic E-state index is 12.7. The molecule has 9 heteroatoms. The summed E-state index contributed by atoms with van der Waals surface area (Å²) >= 11 is 0. The van der Waals surface area contributed by atoms with Gasteiger partial charge in [0.1, 0.15) is 0 Å². The minimum Gasteiger partial charge on any atom is -0.452 e. The fraction of sp³-hybridized carbons (Fsp3) is 0.600. The van der Waals surface area contributed by atoms with E-state index in [0.29, 0.717) is 56.9 Å². The van der Waals surface area contributed by atoms with Crippen LogP contribution in [0.4, 0.5) is 11.4 Å². The second kappa shape index (κ2) is 9.21. The Morgan fingerprint density at radius 2 is 1.86 bits per heavy atom. The van der Waals surface area contributed by atoms with Crippen molar-refractivity contribution in [2.24, 2.45) is 11.8 Å². The van der Waals surface area contributed by atoms with Gasteiger partial charge in [0.05, 0.1) is 29.4 Å². The summed E-state index contributed by atoms with van der Waals surface area (Å²) in [5, 5.41) is 11.2. The van der Waals surface area contributed by atoms with Gasteiger partial charge < -0.3 is 19.3 Å². The molecule has 158 valence electrons. The highest BCUT2D eigenvalue weighted by Crippen LogP contribution is 2.27. The van der Waals surface area contributed by atoms with Gasteiger partial charge in [-0.2, -0.15) is 0 Å². The van der Waals surface area contributed by atoms with E-state index in [1.165, 1.54) is 12.1 Å². The smallest absolute Gasteiger partial charge is 0.341 e. The summed E-state index contributed by atoms with van der Waals surface area (Å²) in [7, 11) is 0. The number of amides is 1. The Kier molecular flexibility index (Phi) is 6.68. The molecular formula is C20H27N3O6. The number of nitro benzene ring substituents is 1. The van der Waals surface area contributed by atoms with Gasteiger partial charge in [-0.3, -0.25) is 14.9 Å². The molecule has 1 amide bonds. The third-order valence-electron chi connectivity index (χ3n) is 5.31. The largest absolute Gasteiger partial charge is 0.452 e. The summed E-state index contributed by atoms with van der Waals surface area (Å²) in [4.78, 5) is 39.5. The molecule has 2 aliphatic heterocycles. The van der Waals surface area contributed by atoms with Gasteiger partial charge in [-0.25, -0.2) is 4.79 Å². The SMILES string of the molecule is C[C@@H]1C[C@@H](C)CN(C(=O)COC(=O)c2cc([N+](=O)[O-])ccc2N2CCOCC2)C1. The fourth-order valence-electron chi connectivity index (χ4n) is 4.04. The molecule has 3 rings (SSSR count). The van der Waals surface area contributed by atoms with E-state index < -0.39 is 10.9 Å². The number of benzene rings is 1. The Morgan fingerprint density at radius 1 is 1.21 bits per heavy atom. The highest BCUT2D eigenvalue weighted by Gasteiger charge is 2.27. The van der Waals surface area contributed by atoms with Crippen LogP contribution in [-0.2, 0) is 14.3 Å². The van der Waals surface area contributed by atoms with Gasteiger partial charge >= 0.3 is 5.97 Å². The van der Waals surface area contributed by atoms with Crippen LogP contribution in [0, 0.1) is 22.0 Å². The van der Waals surface area contributed by atoms with Crippen molar-refractivity contribution < 1.29 is 24.0 Å². The molecule has 1 aromatic carbocycles. The summed E-state index contributed by atoms with van der Waals surface area (Å²) < 4.78 is 10.6. The van der Waals surface area contributed by atoms with Gasteiger partial charge in [0.15, 0.2) is 6.61 Å². The van der Waals surface area contributed by atoms with Gasteiger partial charge in [-0.05, 0) is 24.3 Å². The predicted octanol–water partition coefficient (Wildman–Crippen LogP) is 2.09. The van der Waals surface area contributed by atoms with E-state index >= 15 is 0 Å². The zero-order valence-corrected chi connectivity index (χ0v) is 16.8. The first-order valence-electron chi connectivity index (χ1n) is 9.91. The van der Waals surface area contributed by atoms with Crippen molar-refractivity contribution in [1.29, 1.82) is 0 Å². The van der Waals surface area contributed by atoms with Crippen LogP contribution in [0.3, 0.4) is 0 Å². The van der Waals surface area contributed by atoms with E-state index in [1.807, 2.05) is 4.90 Å². The number of carbonyl (C=O) groups is 2. The maximum atomic E-state index is 12.7. The quantitative estimate of drug-likeness (QED) is 0.420. The minimum atomic E-state index is -0.735. The molecule has 29 heavy (non-hydrogen) atoms. The Balaban J connectivity index is 1.72. The van der Waals surface area contributed by atoms with Gasteiger partial charge in [0, 0.05) is 38.3 Å². The van der Waals surface area contributed by atoms with Crippen LogP contribution < -0.4 is 4.90 Å². The second-order valence-corrected chi connectivity index (χ2v) is 7.88. The first-order chi connectivity index (χ1) is 13.8. The molecule has 9 nitrogen and oxygen atoms in total. The molecule has 0 aromatic heterocycles. The zero-order chi connectivity index (χ0) is 21.0. The summed E-state index contributed by atoms with van der Waals surface area (Å²) in [5.74, 6) is -0.164. The molecule has 0 unspecified atom stereocenters. The van der Waals surface area contributed by atoms with E-state index in [4.69, 9.17) is 9.47 Å². The number of rotatable bonds is 5. The first-order valence-corrected chi connectivity index (χ1v) is 9.91. The number of anilines is 1. The van der Waals surface area contributed by atoms with E-state index in [9.17, 15) is 19.7 Å². The zero-order valence-electron chi connectivity index (χ0n) is 16.8. The van der Waals surface area contributed by atoms with Crippen molar-refractivity contribution in [2.75, 3.05) is 50.9 Å². The number of esters is 1. The van der Waals surface area contributed by atoms with Gasteiger partial charge in [0.25, 0.3) is 11.6 Å². The van der Waals surface area contributed by atoms with Gasteiger partial charge in [-0.1, -0.05) is 13.8 Å². The molecule has 0 aliphatic carbocycles. The third-order valence-corrected chi connectivity index (χ3v) is 5.31. The van der Waals surface area contributed by atoms with Gasteiger partial charge in [-0.15, -0.1) is 0 Å². The number of nitrogens with zero attached hydrogens (tertiary/aromatic N) is 3. The number of piperidine rings is 1. The lowest BCUT2D eigenvalue weighted by Crippen LogP contribution is -2.44. The van der Waals surface area contributed by atoms with E-state index in [-0.39, 0.29) is 23.8 Å². The van der Waals surface area contributed by atoms with Crippen molar-refractivity contribution in [3.05, 3.63) is 33.9 Å². The lowest BCUT2D eigenvalue weighted by molar-refractivity contribution is -0.384. The van der Waals surface area contributed by atoms with Crippen molar-refractivity contribution in [1.82, 2.24) is 4.90 Å². The molecule has 0 N–H and O–H groups in total. The van der Waals surface area contributed by atoms with Crippen molar-refractivity contribution in [2.45, 2.75) is 20.3 Å². The number of hydrogen-bond donors (Lipinski definition) is 0. The molecule has 2 heterocycles. The summed E-state index contributed by atoms with van der Waals surface area (Å²) in [6.07, 6.45) is 1.07. The molecule has 0 radical (unpaired) electrons. The first kappa shape index (κ1) is 21.0. The van der Waals surface area contributed by atoms with Crippen LogP contribution in [0.2, 0.25) is 0 Å². The average molecular weight is 405 g/mol. The molecule has 0 bridgehead atoms. The molecule has 0 saturated carbocycles. The Bertz CT molecular complexity index is 767. The number of hydrogen-bond acceptors (Lipinski definition) is 7. The molecule has 2 fully saturated rings. The summed E-state index contributed by atoms with van der Waals surface area (Å²) in [6.45, 7) is 7.28. The minimum absolute atomic E-state index is 0.0919. The van der Waals surface area contributed by atoms with Crippen LogP contribution in [0.25, 0.3) is 0 Å². The lowest BCUT2D eigenvalue weighted by atomic mass is 9.92. The molecular weight excluding hydrogens is 378 g/mol. The number of carbonyl (C=O) groups excluding carboxylic acids is 2. The fourth-order valence-corrected chi connectivity index (χ4v) is 4.04. The second-order valence-electron chi connectivity index (χ2n) is 7.88. The van der Waals surface area contributed by atoms with E-state index in [2.05, 4.69) is 13.8 Å². The highest BCUT2D eigenvalue weighted by molar-refractivity contribution is 5.97. The summed E-state index contributed by atoms with van der Waals surface area (Å²) in [5.41, 5.74) is 0.449. The lowest BCUT2D eigenvalue weighted by Gasteiger charge is -2.34. The Morgan fingerprint density at radius 3 is 2.48 bits per heavy atom. The monoisotopic (exact) mass is 405 g/mol. The number of likely N-dealkylation sites (tertiary alicyclic amines) is 1. The van der Waals surface area contributed by atoms with Crippen LogP contribution in [0.15, 0.2) is 18.2 Å². The van der Waals surface area contributed by atoms with Crippen molar-refractivity contribution >= 4 is 23.3 Å². The standard InChI is InChI=1S/C20H27N3O6/c1-14-9-15(2)12-22(11-14)19(24)13-29-20(25)17-10-16(23(26)27)3-4-18(17)21-5-7-28-8-6-21/h3-4,10,14-15H,5-9,11-13H2,1-2H3/t14-,15-/m1/s1. The van der Waals surface area contributed by atoms with Crippen molar-refractivity contribution in [3.8, 4) is 0 Å². The molecule has 2 saturated heterocycles. The Labute approximate surface area is 169 Å². The van der Waals surface area contributed by atoms with Crippen LogP contribution in [0.1, 0.15) is 30.6 Å². The maximum Gasteiger partial charge on any atom is 0.341 e. The van der Waals surface area contributed by atoms with Gasteiger partial charge in [0.2, 0.25) is 0 Å². The number of morpholine rings is 1.